The minimum Gasteiger partial charge on any atom is -0.477 e. The van der Waals surface area contributed by atoms with E-state index in [1.165, 1.54) is 16.7 Å². The van der Waals surface area contributed by atoms with Gasteiger partial charge in [-0.1, -0.05) is 69.3 Å². The van der Waals surface area contributed by atoms with Crippen LogP contribution in [0.5, 0.6) is 11.9 Å². The number of aromatic nitrogens is 2. The second-order valence-electron chi connectivity index (χ2n) is 10.2. The van der Waals surface area contributed by atoms with Crippen LogP contribution in [-0.4, -0.2) is 31.5 Å². The molecule has 0 saturated heterocycles. The summed E-state index contributed by atoms with van der Waals surface area (Å²) < 4.78 is 18.8. The van der Waals surface area contributed by atoms with Gasteiger partial charge >= 0.3 is 6.01 Å². The summed E-state index contributed by atoms with van der Waals surface area (Å²) >= 11 is 3.48. The maximum Gasteiger partial charge on any atom is 0.320 e. The summed E-state index contributed by atoms with van der Waals surface area (Å²) in [6.45, 7) is 15.2. The van der Waals surface area contributed by atoms with Crippen molar-refractivity contribution in [2.75, 3.05) is 13.2 Å². The highest BCUT2D eigenvalue weighted by Crippen LogP contribution is 2.36. The van der Waals surface area contributed by atoms with Crippen molar-refractivity contribution in [3.63, 3.8) is 0 Å². The van der Waals surface area contributed by atoms with Gasteiger partial charge in [-0.25, -0.2) is 4.98 Å². The first kappa shape index (κ1) is 27.4. The Balaban J connectivity index is 1.52. The summed E-state index contributed by atoms with van der Waals surface area (Å²) in [5.74, 6) is 0.495. The first-order valence-corrected chi connectivity index (χ1v) is 15.8. The van der Waals surface area contributed by atoms with E-state index in [0.717, 1.165) is 25.0 Å². The topological polar surface area (TPSA) is 53.5 Å². The summed E-state index contributed by atoms with van der Waals surface area (Å²) in [5.41, 5.74) is 4.68. The number of halogens is 1. The van der Waals surface area contributed by atoms with Crippen molar-refractivity contribution in [1.29, 1.82) is 0 Å². The van der Waals surface area contributed by atoms with Crippen molar-refractivity contribution in [3.8, 4) is 23.0 Å². The van der Waals surface area contributed by atoms with Crippen molar-refractivity contribution >= 4 is 24.2 Å². The van der Waals surface area contributed by atoms with Crippen molar-refractivity contribution in [3.05, 3.63) is 70.3 Å². The number of ether oxygens (including phenoxy) is 2. The van der Waals surface area contributed by atoms with Crippen molar-refractivity contribution in [1.82, 2.24) is 9.97 Å². The highest BCUT2D eigenvalue weighted by Gasteiger charge is 2.36. The Hall–Kier alpha value is -2.22. The Labute approximate surface area is 219 Å². The predicted octanol–water partition coefficient (Wildman–Crippen LogP) is 7.97. The molecule has 188 valence electrons. The molecule has 3 rings (SSSR count). The third kappa shape index (κ3) is 7.63. The monoisotopic (exact) mass is 556 g/mol. The summed E-state index contributed by atoms with van der Waals surface area (Å²) in [4.78, 5) is 8.76. The van der Waals surface area contributed by atoms with Gasteiger partial charge in [-0.2, -0.15) is 4.98 Å². The van der Waals surface area contributed by atoms with E-state index in [2.05, 4.69) is 109 Å². The van der Waals surface area contributed by atoms with Crippen LogP contribution in [0.15, 0.2) is 59.2 Å². The van der Waals surface area contributed by atoms with Gasteiger partial charge in [-0.15, -0.1) is 0 Å². The van der Waals surface area contributed by atoms with Gasteiger partial charge in [0.2, 0.25) is 5.88 Å². The van der Waals surface area contributed by atoms with E-state index < -0.39 is 8.32 Å². The molecule has 0 aliphatic heterocycles. The van der Waals surface area contributed by atoms with Gasteiger partial charge in [0.05, 0.1) is 17.3 Å². The molecule has 0 atom stereocenters. The van der Waals surface area contributed by atoms with E-state index in [0.29, 0.717) is 29.6 Å². The van der Waals surface area contributed by atoms with Crippen LogP contribution >= 0.6 is 15.9 Å². The summed E-state index contributed by atoms with van der Waals surface area (Å²) in [7, 11) is -1.70. The quantitative estimate of drug-likeness (QED) is 0.177. The third-order valence-electron chi connectivity index (χ3n) is 6.62. The molecule has 3 aromatic rings. The summed E-state index contributed by atoms with van der Waals surface area (Å²) in [6.07, 6.45) is 3.52. The van der Waals surface area contributed by atoms with E-state index in [1.54, 1.807) is 6.20 Å². The van der Waals surface area contributed by atoms with Crippen molar-refractivity contribution in [2.45, 2.75) is 65.3 Å². The number of rotatable bonds is 11. The lowest BCUT2D eigenvalue weighted by Gasteiger charge is -2.36. The smallest absolute Gasteiger partial charge is 0.320 e. The van der Waals surface area contributed by atoms with E-state index >= 15 is 0 Å². The Morgan fingerprint density at radius 1 is 0.914 bits per heavy atom. The Kier molecular flexibility index (Phi) is 9.50. The Bertz CT molecular complexity index is 1100. The van der Waals surface area contributed by atoms with Gasteiger partial charge in [0, 0.05) is 6.61 Å². The van der Waals surface area contributed by atoms with Gasteiger partial charge in [-0.05, 0) is 76.1 Å². The molecule has 1 aromatic heterocycles. The lowest BCUT2D eigenvalue weighted by Crippen LogP contribution is -2.41. The van der Waals surface area contributed by atoms with Gasteiger partial charge in [0.1, 0.15) is 6.61 Å². The van der Waals surface area contributed by atoms with E-state index in [9.17, 15) is 0 Å². The number of hydrogen-bond acceptors (Lipinski definition) is 5. The molecule has 0 N–H and O–H groups in total. The number of hydrogen-bond donors (Lipinski definition) is 0. The average Bonchev–Trinajstić information content (AvgIpc) is 2.82. The fraction of sp³-hybridized carbons (Fsp3) is 0.429. The molecule has 0 radical (unpaired) electrons. The molecular weight excluding hydrogens is 520 g/mol. The lowest BCUT2D eigenvalue weighted by atomic mass is 9.97. The van der Waals surface area contributed by atoms with Crippen LogP contribution < -0.4 is 9.47 Å². The summed E-state index contributed by atoms with van der Waals surface area (Å²) in [5, 5.41) is 0.229. The molecular formula is C28H37BrN2O3Si. The highest BCUT2D eigenvalue weighted by molar-refractivity contribution is 9.10. The molecule has 1 heterocycles. The lowest BCUT2D eigenvalue weighted by molar-refractivity contribution is 0.239. The molecule has 0 unspecified atom stereocenters. The largest absolute Gasteiger partial charge is 0.477 e. The standard InChI is InChI=1S/C28H37BrN2O3Si/c1-21-23(15-12-16-24(21)22-13-8-7-9-14-22)20-33-27-30-19-25(29)26(31-27)32-17-10-11-18-34-35(5,6)28(2,3)4/h7-9,12-16,19H,10-11,17-18,20H2,1-6H3. The molecule has 0 aliphatic rings. The second kappa shape index (κ2) is 12.1. The number of nitrogens with zero attached hydrogens (tertiary/aromatic N) is 2. The predicted molar refractivity (Wildman–Crippen MR) is 149 cm³/mol. The fourth-order valence-electron chi connectivity index (χ4n) is 3.34. The first-order valence-electron chi connectivity index (χ1n) is 12.1. The van der Waals surface area contributed by atoms with Crippen LogP contribution in [0.1, 0.15) is 44.7 Å². The molecule has 2 aromatic carbocycles. The molecule has 5 nitrogen and oxygen atoms in total. The van der Waals surface area contributed by atoms with Gasteiger partial charge < -0.3 is 13.9 Å². The van der Waals surface area contributed by atoms with Crippen LogP contribution in [0.25, 0.3) is 11.1 Å². The second-order valence-corrected chi connectivity index (χ2v) is 15.9. The SMILES string of the molecule is Cc1c(COc2ncc(Br)c(OCCCCO[Si](C)(C)C(C)(C)C)n2)cccc1-c1ccccc1. The van der Waals surface area contributed by atoms with E-state index in [1.807, 2.05) is 6.07 Å². The Morgan fingerprint density at radius 2 is 1.63 bits per heavy atom. The van der Waals surface area contributed by atoms with Gasteiger partial charge in [0.25, 0.3) is 0 Å². The zero-order valence-corrected chi connectivity index (χ0v) is 24.3. The minimum absolute atomic E-state index is 0.229. The number of benzene rings is 2. The van der Waals surface area contributed by atoms with Gasteiger partial charge in [-0.3, -0.25) is 0 Å². The maximum absolute atomic E-state index is 6.24. The normalized spacial score (nSPS) is 12.0. The zero-order valence-electron chi connectivity index (χ0n) is 21.7. The van der Waals surface area contributed by atoms with Crippen LogP contribution in [0, 0.1) is 6.92 Å². The molecule has 0 aliphatic carbocycles. The molecule has 0 spiro atoms. The van der Waals surface area contributed by atoms with Crippen LogP contribution in [0.4, 0.5) is 0 Å². The van der Waals surface area contributed by atoms with Crippen molar-refractivity contribution < 1.29 is 13.9 Å². The maximum atomic E-state index is 6.24. The molecule has 0 amide bonds. The Morgan fingerprint density at radius 3 is 2.34 bits per heavy atom. The highest BCUT2D eigenvalue weighted by atomic mass is 79.9. The molecule has 0 saturated carbocycles. The molecule has 35 heavy (non-hydrogen) atoms. The first-order chi connectivity index (χ1) is 16.6. The van der Waals surface area contributed by atoms with Crippen molar-refractivity contribution in [2.24, 2.45) is 0 Å². The fourth-order valence-corrected chi connectivity index (χ4v) is 4.73. The minimum atomic E-state index is -1.70. The third-order valence-corrected chi connectivity index (χ3v) is 11.7. The average molecular weight is 558 g/mol. The van der Waals surface area contributed by atoms with Crippen LogP contribution in [0.3, 0.4) is 0 Å². The molecule has 0 fully saturated rings. The van der Waals surface area contributed by atoms with Crippen LogP contribution in [-0.2, 0) is 11.0 Å². The van der Waals surface area contributed by atoms with Crippen LogP contribution in [0.2, 0.25) is 18.1 Å². The van der Waals surface area contributed by atoms with E-state index in [-0.39, 0.29) is 5.04 Å². The zero-order chi connectivity index (χ0) is 25.5. The summed E-state index contributed by atoms with van der Waals surface area (Å²) in [6, 6.07) is 16.9. The van der Waals surface area contributed by atoms with E-state index in [4.69, 9.17) is 13.9 Å². The molecule has 7 heteroatoms. The number of unbranched alkanes of at least 4 members (excludes halogenated alkanes) is 1. The molecule has 0 bridgehead atoms. The van der Waals surface area contributed by atoms with Gasteiger partial charge in [0.15, 0.2) is 8.32 Å².